The largest absolute Gasteiger partial charge is 0.348 e. The summed E-state index contributed by atoms with van der Waals surface area (Å²) in [6.07, 6.45) is -0.114. The van der Waals surface area contributed by atoms with Crippen molar-refractivity contribution in [1.29, 1.82) is 0 Å². The SMILES string of the molecule is CC1(C)OCC(CNC(=O)Nc2ccc3ccccc3c2)O1. The van der Waals surface area contributed by atoms with Crippen molar-refractivity contribution in [1.82, 2.24) is 5.32 Å². The van der Waals surface area contributed by atoms with Crippen LogP contribution >= 0.6 is 0 Å². The van der Waals surface area contributed by atoms with Gasteiger partial charge in [-0.25, -0.2) is 4.79 Å². The molecule has 0 bridgehead atoms. The third-order valence-electron chi connectivity index (χ3n) is 3.56. The van der Waals surface area contributed by atoms with E-state index >= 15 is 0 Å². The number of hydrogen-bond donors (Lipinski definition) is 2. The van der Waals surface area contributed by atoms with Gasteiger partial charge < -0.3 is 20.1 Å². The Balaban J connectivity index is 1.54. The van der Waals surface area contributed by atoms with Crippen LogP contribution in [0.25, 0.3) is 10.8 Å². The lowest BCUT2D eigenvalue weighted by atomic mass is 10.1. The number of ether oxygens (including phenoxy) is 2. The van der Waals surface area contributed by atoms with Crippen molar-refractivity contribution in [3.63, 3.8) is 0 Å². The van der Waals surface area contributed by atoms with Gasteiger partial charge in [-0.3, -0.25) is 0 Å². The summed E-state index contributed by atoms with van der Waals surface area (Å²) in [5.41, 5.74) is 0.764. The molecule has 3 rings (SSSR count). The van der Waals surface area contributed by atoms with Crippen LogP contribution in [0.4, 0.5) is 10.5 Å². The van der Waals surface area contributed by atoms with E-state index in [1.807, 2.05) is 56.3 Å². The maximum Gasteiger partial charge on any atom is 0.319 e. The summed E-state index contributed by atoms with van der Waals surface area (Å²) in [6, 6.07) is 13.6. The number of benzene rings is 2. The minimum absolute atomic E-state index is 0.114. The van der Waals surface area contributed by atoms with Gasteiger partial charge in [0.2, 0.25) is 0 Å². The van der Waals surface area contributed by atoms with Crippen molar-refractivity contribution in [3.05, 3.63) is 42.5 Å². The molecule has 0 radical (unpaired) electrons. The van der Waals surface area contributed by atoms with Crippen LogP contribution in [0.15, 0.2) is 42.5 Å². The first-order valence-electron chi connectivity index (χ1n) is 7.37. The molecule has 0 aliphatic carbocycles. The Bertz CT molecular complexity index is 684. The fourth-order valence-corrected chi connectivity index (χ4v) is 2.51. The molecule has 1 heterocycles. The minimum Gasteiger partial charge on any atom is -0.348 e. The molecule has 2 N–H and O–H groups in total. The van der Waals surface area contributed by atoms with Crippen LogP contribution in [0.1, 0.15) is 13.8 Å². The summed E-state index contributed by atoms with van der Waals surface area (Å²) >= 11 is 0. The lowest BCUT2D eigenvalue weighted by molar-refractivity contribution is -0.137. The fraction of sp³-hybridized carbons (Fsp3) is 0.353. The number of fused-ring (bicyclic) bond motifs is 1. The van der Waals surface area contributed by atoms with Gasteiger partial charge in [0.15, 0.2) is 5.79 Å². The molecule has 2 aromatic carbocycles. The number of nitrogens with one attached hydrogen (secondary N) is 2. The summed E-state index contributed by atoms with van der Waals surface area (Å²) in [5.74, 6) is -0.568. The fourth-order valence-electron chi connectivity index (χ4n) is 2.51. The molecule has 1 aliphatic heterocycles. The molecule has 1 atom stereocenters. The van der Waals surface area contributed by atoms with E-state index in [9.17, 15) is 4.79 Å². The van der Waals surface area contributed by atoms with Crippen molar-refractivity contribution in [2.75, 3.05) is 18.5 Å². The molecule has 22 heavy (non-hydrogen) atoms. The van der Waals surface area contributed by atoms with Gasteiger partial charge in [0.1, 0.15) is 6.10 Å². The first-order chi connectivity index (χ1) is 10.5. The van der Waals surface area contributed by atoms with E-state index in [1.165, 1.54) is 0 Å². The van der Waals surface area contributed by atoms with Crippen LogP contribution in [-0.2, 0) is 9.47 Å². The number of rotatable bonds is 3. The van der Waals surface area contributed by atoms with Gasteiger partial charge in [0.05, 0.1) is 6.61 Å². The molecule has 5 nitrogen and oxygen atoms in total. The van der Waals surface area contributed by atoms with Gasteiger partial charge in [0, 0.05) is 12.2 Å². The average Bonchev–Trinajstić information content (AvgIpc) is 2.84. The highest BCUT2D eigenvalue weighted by Crippen LogP contribution is 2.22. The Morgan fingerprint density at radius 1 is 1.23 bits per heavy atom. The number of carbonyl (C=O) groups is 1. The van der Waals surface area contributed by atoms with E-state index in [2.05, 4.69) is 10.6 Å². The summed E-state index contributed by atoms with van der Waals surface area (Å²) in [5, 5.41) is 7.87. The molecule has 5 heteroatoms. The van der Waals surface area contributed by atoms with Crippen molar-refractivity contribution in [2.45, 2.75) is 25.7 Å². The van der Waals surface area contributed by atoms with E-state index < -0.39 is 5.79 Å². The van der Waals surface area contributed by atoms with Crippen LogP contribution in [0.3, 0.4) is 0 Å². The summed E-state index contributed by atoms with van der Waals surface area (Å²) in [4.78, 5) is 11.9. The predicted octanol–water partition coefficient (Wildman–Crippen LogP) is 3.11. The molecule has 0 aromatic heterocycles. The number of hydrogen-bond acceptors (Lipinski definition) is 3. The van der Waals surface area contributed by atoms with Crippen molar-refractivity contribution >= 4 is 22.5 Å². The van der Waals surface area contributed by atoms with Gasteiger partial charge in [-0.1, -0.05) is 30.3 Å². The van der Waals surface area contributed by atoms with Crippen LogP contribution in [0.2, 0.25) is 0 Å². The Hall–Kier alpha value is -2.11. The molecule has 1 unspecified atom stereocenters. The smallest absolute Gasteiger partial charge is 0.319 e. The first-order valence-corrected chi connectivity index (χ1v) is 7.37. The van der Waals surface area contributed by atoms with Gasteiger partial charge in [0.25, 0.3) is 0 Å². The van der Waals surface area contributed by atoms with E-state index in [0.29, 0.717) is 13.2 Å². The van der Waals surface area contributed by atoms with Crippen LogP contribution in [0, 0.1) is 0 Å². The van der Waals surface area contributed by atoms with Gasteiger partial charge in [-0.15, -0.1) is 0 Å². The second-order valence-electron chi connectivity index (χ2n) is 5.85. The molecule has 1 fully saturated rings. The lowest BCUT2D eigenvalue weighted by Gasteiger charge is -2.17. The first kappa shape index (κ1) is 14.8. The molecule has 1 aliphatic rings. The number of urea groups is 1. The molecule has 0 spiro atoms. The average molecular weight is 300 g/mol. The van der Waals surface area contributed by atoms with E-state index in [1.54, 1.807) is 0 Å². The van der Waals surface area contributed by atoms with E-state index in [-0.39, 0.29) is 12.1 Å². The molecular formula is C17H20N2O3. The van der Waals surface area contributed by atoms with Crippen LogP contribution < -0.4 is 10.6 Å². The Kier molecular flexibility index (Phi) is 4.00. The quantitative estimate of drug-likeness (QED) is 0.915. The number of carbonyl (C=O) groups excluding carboxylic acids is 1. The van der Waals surface area contributed by atoms with Gasteiger partial charge >= 0.3 is 6.03 Å². The zero-order chi connectivity index (χ0) is 15.6. The summed E-state index contributed by atoms with van der Waals surface area (Å²) in [7, 11) is 0. The van der Waals surface area contributed by atoms with Crippen LogP contribution in [0.5, 0.6) is 0 Å². The zero-order valence-electron chi connectivity index (χ0n) is 12.8. The zero-order valence-corrected chi connectivity index (χ0v) is 12.8. The Morgan fingerprint density at radius 3 is 2.73 bits per heavy atom. The summed E-state index contributed by atoms with van der Waals surface area (Å²) in [6.45, 7) is 4.64. The second-order valence-corrected chi connectivity index (χ2v) is 5.85. The van der Waals surface area contributed by atoms with Gasteiger partial charge in [-0.2, -0.15) is 0 Å². The molecular weight excluding hydrogens is 280 g/mol. The standard InChI is InChI=1S/C17H20N2O3/c1-17(2)21-11-15(22-17)10-18-16(20)19-14-8-7-12-5-3-4-6-13(12)9-14/h3-9,15H,10-11H2,1-2H3,(H2,18,19,20). The maximum atomic E-state index is 11.9. The Labute approximate surface area is 129 Å². The van der Waals surface area contributed by atoms with Crippen molar-refractivity contribution in [2.24, 2.45) is 0 Å². The minimum atomic E-state index is -0.568. The normalized spacial score (nSPS) is 20.0. The van der Waals surface area contributed by atoms with Crippen molar-refractivity contribution in [3.8, 4) is 0 Å². The highest BCUT2D eigenvalue weighted by atomic mass is 16.7. The number of amides is 2. The Morgan fingerprint density at radius 2 is 2.00 bits per heavy atom. The highest BCUT2D eigenvalue weighted by molar-refractivity contribution is 5.93. The third-order valence-corrected chi connectivity index (χ3v) is 3.56. The third kappa shape index (κ3) is 3.55. The lowest BCUT2D eigenvalue weighted by Crippen LogP contribution is -2.37. The van der Waals surface area contributed by atoms with Crippen LogP contribution in [-0.4, -0.2) is 31.1 Å². The molecule has 116 valence electrons. The number of anilines is 1. The summed E-state index contributed by atoms with van der Waals surface area (Å²) < 4.78 is 11.1. The molecule has 2 amide bonds. The topological polar surface area (TPSA) is 59.6 Å². The monoisotopic (exact) mass is 300 g/mol. The predicted molar refractivity (Wildman–Crippen MR) is 85.9 cm³/mol. The maximum absolute atomic E-state index is 11.9. The molecule has 0 saturated carbocycles. The van der Waals surface area contributed by atoms with E-state index in [4.69, 9.17) is 9.47 Å². The second kappa shape index (κ2) is 5.94. The molecule has 2 aromatic rings. The molecule has 1 saturated heterocycles. The van der Waals surface area contributed by atoms with E-state index in [0.717, 1.165) is 16.5 Å². The van der Waals surface area contributed by atoms with Gasteiger partial charge in [-0.05, 0) is 36.8 Å². The van der Waals surface area contributed by atoms with Crippen molar-refractivity contribution < 1.29 is 14.3 Å². The highest BCUT2D eigenvalue weighted by Gasteiger charge is 2.32.